The monoisotopic (exact) mass is 1080 g/mol. The highest BCUT2D eigenvalue weighted by Crippen LogP contribution is 2.49. The van der Waals surface area contributed by atoms with Gasteiger partial charge in [0.05, 0.1) is 17.1 Å². The fourth-order valence-corrected chi connectivity index (χ4v) is 12.8. The molecule has 84 heavy (non-hydrogen) atoms. The number of hydrogen-bond donors (Lipinski definition) is 0. The molecule has 3 aromatic heterocycles. The van der Waals surface area contributed by atoms with Crippen LogP contribution in [-0.2, 0) is 0 Å². The van der Waals surface area contributed by atoms with E-state index >= 15 is 0 Å². The van der Waals surface area contributed by atoms with Gasteiger partial charge in [0.1, 0.15) is 0 Å². The van der Waals surface area contributed by atoms with Crippen molar-refractivity contribution in [1.82, 2.24) is 15.0 Å². The average molecular weight is 1080 g/mol. The minimum atomic E-state index is 0.943. The lowest BCUT2D eigenvalue weighted by atomic mass is 9.82. The molecule has 402 valence electrons. The van der Waals surface area contributed by atoms with Gasteiger partial charge < -0.3 is 0 Å². The Morgan fingerprint density at radius 3 is 0.667 bits per heavy atom. The van der Waals surface area contributed by atoms with Crippen LogP contribution >= 0.6 is 0 Å². The maximum atomic E-state index is 4.82. The highest BCUT2D eigenvalue weighted by atomic mass is 14.7. The maximum absolute atomic E-state index is 4.82. The number of benzene rings is 10. The third-order valence-corrected chi connectivity index (χ3v) is 16.7. The van der Waals surface area contributed by atoms with Crippen LogP contribution in [0.4, 0.5) is 0 Å². The third kappa shape index (κ3) is 10.2. The van der Waals surface area contributed by atoms with E-state index in [2.05, 4.69) is 278 Å². The lowest BCUT2D eigenvalue weighted by Crippen LogP contribution is -1.97. The van der Waals surface area contributed by atoms with Crippen LogP contribution in [-0.4, -0.2) is 15.0 Å². The summed E-state index contributed by atoms with van der Waals surface area (Å²) < 4.78 is 0. The first-order chi connectivity index (χ1) is 41.2. The van der Waals surface area contributed by atoms with Gasteiger partial charge >= 0.3 is 0 Å². The van der Waals surface area contributed by atoms with Crippen LogP contribution in [0, 0.1) is 41.5 Å². The van der Waals surface area contributed by atoms with Crippen molar-refractivity contribution in [3.05, 3.63) is 307 Å². The van der Waals surface area contributed by atoms with E-state index in [1.165, 1.54) is 66.8 Å². The molecule has 0 aliphatic heterocycles. The van der Waals surface area contributed by atoms with Gasteiger partial charge in [-0.25, -0.2) is 0 Å². The summed E-state index contributed by atoms with van der Waals surface area (Å²) in [5.41, 5.74) is 34.4. The zero-order valence-corrected chi connectivity index (χ0v) is 48.3. The summed E-state index contributed by atoms with van der Waals surface area (Å²) in [6, 6.07) is 93.2. The molecule has 0 fully saturated rings. The van der Waals surface area contributed by atoms with Gasteiger partial charge in [-0.1, -0.05) is 182 Å². The fraction of sp³-hybridized carbons (Fsp3) is 0.0741. The van der Waals surface area contributed by atoms with Gasteiger partial charge in [0.25, 0.3) is 0 Å². The summed E-state index contributed by atoms with van der Waals surface area (Å²) in [6.45, 7) is 13.4. The number of aromatic nitrogens is 3. The van der Waals surface area contributed by atoms with Crippen LogP contribution < -0.4 is 0 Å². The smallest absolute Gasteiger partial charge is 0.0702 e. The van der Waals surface area contributed by atoms with Crippen LogP contribution in [0.2, 0.25) is 0 Å². The van der Waals surface area contributed by atoms with Crippen LogP contribution in [0.3, 0.4) is 0 Å². The fourth-order valence-electron chi connectivity index (χ4n) is 12.8. The topological polar surface area (TPSA) is 38.7 Å². The molecule has 0 atom stereocenters. The molecule has 10 aromatic carbocycles. The Balaban J connectivity index is 1.08. The first-order valence-electron chi connectivity index (χ1n) is 29.0. The minimum Gasteiger partial charge on any atom is -0.256 e. The molecule has 0 aliphatic carbocycles. The third-order valence-electron chi connectivity index (χ3n) is 16.7. The van der Waals surface area contributed by atoms with Gasteiger partial charge in [-0.3, -0.25) is 15.0 Å². The molecule has 13 aromatic rings. The van der Waals surface area contributed by atoms with Crippen molar-refractivity contribution in [2.45, 2.75) is 41.5 Å². The predicted molar refractivity (Wildman–Crippen MR) is 353 cm³/mol. The second-order valence-electron chi connectivity index (χ2n) is 22.2. The Morgan fingerprint density at radius 1 is 0.179 bits per heavy atom. The van der Waals surface area contributed by atoms with Crippen molar-refractivity contribution in [1.29, 1.82) is 0 Å². The van der Waals surface area contributed by atoms with Crippen LogP contribution in [0.5, 0.6) is 0 Å². The van der Waals surface area contributed by atoms with Crippen LogP contribution in [0.25, 0.3) is 134 Å². The Labute approximate surface area is 494 Å². The highest BCUT2D eigenvalue weighted by Gasteiger charge is 2.23. The summed E-state index contributed by atoms with van der Waals surface area (Å²) in [4.78, 5) is 14.5. The van der Waals surface area contributed by atoms with Crippen LogP contribution in [0.15, 0.2) is 273 Å². The normalized spacial score (nSPS) is 11.2. The lowest BCUT2D eigenvalue weighted by Gasteiger charge is -2.22. The molecule has 3 heterocycles. The zero-order chi connectivity index (χ0) is 57.3. The van der Waals surface area contributed by atoms with Gasteiger partial charge in [-0.15, -0.1) is 0 Å². The maximum Gasteiger partial charge on any atom is 0.0702 e. The second-order valence-corrected chi connectivity index (χ2v) is 22.2. The van der Waals surface area contributed by atoms with Gasteiger partial charge in [-0.2, -0.15) is 0 Å². The molecule has 13 rings (SSSR count). The quantitative estimate of drug-likeness (QED) is 0.122. The van der Waals surface area contributed by atoms with Crippen molar-refractivity contribution >= 4 is 0 Å². The van der Waals surface area contributed by atoms with E-state index in [-0.39, 0.29) is 0 Å². The molecule has 0 bridgehead atoms. The van der Waals surface area contributed by atoms with Gasteiger partial charge in [0.15, 0.2) is 0 Å². The van der Waals surface area contributed by atoms with Gasteiger partial charge in [0.2, 0.25) is 0 Å². The standard InChI is InChI=1S/C81H63N3/c1-52-22-19-23-53(2)79(52)73-49-58(76-34-13-16-43-82-76)37-40-70(73)67-31-10-7-28-64(67)61-46-62(65-29-8-11-32-68(65)71-41-38-59(77-35-14-17-44-83-77)50-74(71)80-54(3)24-20-25-55(80)4)48-63(47-61)66-30-9-12-33-69(66)72-42-39-60(78-36-15-18-45-84-78)51-75(72)81-56(5)26-21-27-57(81)6/h7-51H,1-6H3. The van der Waals surface area contributed by atoms with E-state index in [9.17, 15) is 0 Å². The molecule has 0 N–H and O–H groups in total. The van der Waals surface area contributed by atoms with Crippen molar-refractivity contribution in [3.63, 3.8) is 0 Å². The molecule has 0 aliphatic rings. The van der Waals surface area contributed by atoms with E-state index in [1.807, 2.05) is 36.8 Å². The summed E-state index contributed by atoms with van der Waals surface area (Å²) in [5, 5.41) is 0. The van der Waals surface area contributed by atoms with Crippen molar-refractivity contribution < 1.29 is 0 Å². The lowest BCUT2D eigenvalue weighted by molar-refractivity contribution is 1.32. The number of hydrogen-bond acceptors (Lipinski definition) is 3. The number of pyridine rings is 3. The van der Waals surface area contributed by atoms with Crippen molar-refractivity contribution in [3.8, 4) is 134 Å². The van der Waals surface area contributed by atoms with Crippen molar-refractivity contribution in [2.75, 3.05) is 0 Å². The molecule has 0 saturated carbocycles. The Morgan fingerprint density at radius 2 is 0.417 bits per heavy atom. The SMILES string of the molecule is Cc1cccc(C)c1-c1cc(-c2ccccn2)ccc1-c1ccccc1-c1cc(-c2ccccc2-c2ccc(-c3ccccn3)cc2-c2c(C)cccc2C)cc(-c2ccccc2-c2ccc(-c3ccccn3)cc2-c2c(C)cccc2C)c1. The molecule has 3 heteroatoms. The molecule has 0 spiro atoms. The van der Waals surface area contributed by atoms with Crippen molar-refractivity contribution in [2.24, 2.45) is 0 Å². The largest absolute Gasteiger partial charge is 0.256 e. The summed E-state index contributed by atoms with van der Waals surface area (Å²) in [7, 11) is 0. The average Bonchev–Trinajstić information content (AvgIpc) is 3.65. The summed E-state index contributed by atoms with van der Waals surface area (Å²) in [6.07, 6.45) is 5.63. The minimum absolute atomic E-state index is 0.943. The number of nitrogens with zero attached hydrogens (tertiary/aromatic N) is 3. The molecule has 0 saturated heterocycles. The molecule has 0 radical (unpaired) electrons. The Bertz CT molecular complexity index is 4060. The summed E-state index contributed by atoms with van der Waals surface area (Å²) >= 11 is 0. The molecule has 0 amide bonds. The predicted octanol–water partition coefficient (Wildman–Crippen LogP) is 21.7. The zero-order valence-electron chi connectivity index (χ0n) is 48.3. The Kier molecular flexibility index (Phi) is 14.4. The van der Waals surface area contributed by atoms with E-state index in [0.717, 1.165) is 101 Å². The summed E-state index contributed by atoms with van der Waals surface area (Å²) in [5.74, 6) is 0. The van der Waals surface area contributed by atoms with E-state index in [4.69, 9.17) is 15.0 Å². The van der Waals surface area contributed by atoms with E-state index < -0.39 is 0 Å². The Hall–Kier alpha value is -10.4. The number of aryl methyl sites for hydroxylation is 6. The first-order valence-corrected chi connectivity index (χ1v) is 29.0. The van der Waals surface area contributed by atoms with E-state index in [1.54, 1.807) is 0 Å². The molecule has 0 unspecified atom stereocenters. The second kappa shape index (κ2) is 22.9. The van der Waals surface area contributed by atoms with Crippen LogP contribution in [0.1, 0.15) is 33.4 Å². The molecule has 3 nitrogen and oxygen atoms in total. The van der Waals surface area contributed by atoms with Gasteiger partial charge in [-0.05, 0) is 248 Å². The van der Waals surface area contributed by atoms with Gasteiger partial charge in [0, 0.05) is 35.3 Å². The highest BCUT2D eigenvalue weighted by molar-refractivity contribution is 6.01. The number of rotatable bonds is 12. The molecular formula is C81H63N3. The first kappa shape index (κ1) is 53.0. The molecular weight excluding hydrogens is 1010 g/mol. The van der Waals surface area contributed by atoms with E-state index in [0.29, 0.717) is 0 Å².